The van der Waals surface area contributed by atoms with Crippen LogP contribution in [0.15, 0.2) is 27.5 Å². The number of halogens is 1. The smallest absolute Gasteiger partial charge is 0.407 e. The van der Waals surface area contributed by atoms with Crippen molar-refractivity contribution < 1.29 is 9.53 Å². The van der Waals surface area contributed by atoms with Crippen LogP contribution in [0.25, 0.3) is 10.9 Å². The molecule has 0 saturated heterocycles. The van der Waals surface area contributed by atoms with Crippen molar-refractivity contribution in [3.05, 3.63) is 33.0 Å². The second kappa shape index (κ2) is 8.33. The number of nitrogens with zero attached hydrogens (tertiary/aromatic N) is 1. The van der Waals surface area contributed by atoms with Gasteiger partial charge in [-0.2, -0.15) is 0 Å². The third-order valence-corrected chi connectivity index (χ3v) is 3.73. The fourth-order valence-corrected chi connectivity index (χ4v) is 2.51. The number of aromatic amines is 1. The molecule has 1 aromatic carbocycles. The van der Waals surface area contributed by atoms with Gasteiger partial charge in [0.05, 0.1) is 10.9 Å². The van der Waals surface area contributed by atoms with Gasteiger partial charge in [-0.3, -0.25) is 9.78 Å². The lowest BCUT2D eigenvalue weighted by atomic mass is 10.2. The zero-order chi connectivity index (χ0) is 18.4. The Morgan fingerprint density at radius 2 is 2.00 bits per heavy atom. The van der Waals surface area contributed by atoms with Gasteiger partial charge in [0.15, 0.2) is 0 Å². The normalized spacial score (nSPS) is 11.4. The largest absolute Gasteiger partial charge is 0.444 e. The van der Waals surface area contributed by atoms with E-state index in [1.807, 2.05) is 26.8 Å². The Hall–Kier alpha value is -2.09. The molecule has 0 aliphatic carbocycles. The van der Waals surface area contributed by atoms with E-state index < -0.39 is 11.7 Å². The molecule has 0 aliphatic heterocycles. The van der Waals surface area contributed by atoms with E-state index in [2.05, 4.69) is 36.5 Å². The van der Waals surface area contributed by atoms with Gasteiger partial charge in [0.25, 0.3) is 5.56 Å². The number of anilines is 1. The number of nitrogens with one attached hydrogen (secondary N) is 3. The molecule has 1 heterocycles. The summed E-state index contributed by atoms with van der Waals surface area (Å²) in [7, 11) is 0. The molecule has 0 aliphatic rings. The molecule has 1 amide bonds. The van der Waals surface area contributed by atoms with Crippen molar-refractivity contribution >= 4 is 38.9 Å². The quantitative estimate of drug-likeness (QED) is 0.634. The first-order chi connectivity index (χ1) is 11.7. The van der Waals surface area contributed by atoms with Gasteiger partial charge in [0, 0.05) is 17.6 Å². The van der Waals surface area contributed by atoms with Crippen LogP contribution >= 0.6 is 15.9 Å². The molecule has 3 N–H and O–H groups in total. The molecule has 0 atom stereocenters. The number of hydrogen-bond donors (Lipinski definition) is 3. The minimum atomic E-state index is -0.492. The predicted molar refractivity (Wildman–Crippen MR) is 102 cm³/mol. The van der Waals surface area contributed by atoms with E-state index in [9.17, 15) is 9.59 Å². The van der Waals surface area contributed by atoms with Gasteiger partial charge >= 0.3 is 6.09 Å². The zero-order valence-electron chi connectivity index (χ0n) is 14.6. The number of fused-ring (bicyclic) bond motifs is 1. The van der Waals surface area contributed by atoms with E-state index in [0.717, 1.165) is 17.3 Å². The molecule has 25 heavy (non-hydrogen) atoms. The number of rotatable bonds is 6. The first kappa shape index (κ1) is 19.2. The molecule has 0 unspecified atom stereocenters. The molecule has 0 spiro atoms. The zero-order valence-corrected chi connectivity index (χ0v) is 16.2. The van der Waals surface area contributed by atoms with Gasteiger partial charge in [-0.1, -0.05) is 15.9 Å². The Morgan fingerprint density at radius 3 is 2.72 bits per heavy atom. The Bertz CT molecular complexity index is 799. The Labute approximate surface area is 154 Å². The number of hydrogen-bond acceptors (Lipinski definition) is 5. The van der Waals surface area contributed by atoms with E-state index in [1.54, 1.807) is 12.1 Å². The van der Waals surface area contributed by atoms with Crippen LogP contribution in [0.1, 0.15) is 33.6 Å². The van der Waals surface area contributed by atoms with Crippen molar-refractivity contribution in [3.8, 4) is 0 Å². The number of H-pyrrole nitrogens is 1. The van der Waals surface area contributed by atoms with Crippen LogP contribution in [0.5, 0.6) is 0 Å². The number of ether oxygens (including phenoxy) is 1. The number of carbonyl (C=O) groups excluding carboxylic acids is 1. The summed E-state index contributed by atoms with van der Waals surface area (Å²) in [5.74, 6) is 0.440. The molecule has 0 bridgehead atoms. The number of aromatic nitrogens is 2. The SMILES string of the molecule is CC(C)(C)OC(=O)NCCCCNc1nc2cc(Br)ccc2c(=O)[nH]1. The number of alkyl carbamates (subject to hydrolysis) is 1. The highest BCUT2D eigenvalue weighted by molar-refractivity contribution is 9.10. The van der Waals surface area contributed by atoms with Crippen LogP contribution in [-0.4, -0.2) is 34.8 Å². The fraction of sp³-hybridized carbons (Fsp3) is 0.471. The number of unbranched alkanes of at least 4 members (excludes halogenated alkanes) is 1. The summed E-state index contributed by atoms with van der Waals surface area (Å²) in [6.45, 7) is 6.65. The highest BCUT2D eigenvalue weighted by atomic mass is 79.9. The van der Waals surface area contributed by atoms with Crippen LogP contribution < -0.4 is 16.2 Å². The van der Waals surface area contributed by atoms with Crippen LogP contribution in [0.4, 0.5) is 10.7 Å². The van der Waals surface area contributed by atoms with Crippen molar-refractivity contribution in [1.82, 2.24) is 15.3 Å². The summed E-state index contributed by atoms with van der Waals surface area (Å²) in [5.41, 5.74) is -0.0346. The Kier molecular flexibility index (Phi) is 6.41. The van der Waals surface area contributed by atoms with E-state index >= 15 is 0 Å². The average Bonchev–Trinajstić information content (AvgIpc) is 2.48. The summed E-state index contributed by atoms with van der Waals surface area (Å²) in [4.78, 5) is 30.6. The number of carbonyl (C=O) groups is 1. The molecular weight excluding hydrogens is 388 g/mol. The van der Waals surface area contributed by atoms with Crippen molar-refractivity contribution in [2.45, 2.75) is 39.2 Å². The van der Waals surface area contributed by atoms with E-state index in [4.69, 9.17) is 4.74 Å². The lowest BCUT2D eigenvalue weighted by Crippen LogP contribution is -2.33. The highest BCUT2D eigenvalue weighted by Crippen LogP contribution is 2.16. The van der Waals surface area contributed by atoms with Gasteiger partial charge < -0.3 is 15.4 Å². The van der Waals surface area contributed by atoms with Crippen LogP contribution in [-0.2, 0) is 4.74 Å². The molecule has 7 nitrogen and oxygen atoms in total. The topological polar surface area (TPSA) is 96.1 Å². The Morgan fingerprint density at radius 1 is 1.28 bits per heavy atom. The van der Waals surface area contributed by atoms with E-state index in [0.29, 0.717) is 29.9 Å². The van der Waals surface area contributed by atoms with Gasteiger partial charge in [0.2, 0.25) is 5.95 Å². The first-order valence-electron chi connectivity index (χ1n) is 8.15. The second-order valence-electron chi connectivity index (χ2n) is 6.64. The standard InChI is InChI=1S/C17H23BrN4O3/c1-17(2,3)25-16(24)20-9-5-4-8-19-15-21-13-10-11(18)6-7-12(13)14(23)22-15/h6-7,10H,4-5,8-9H2,1-3H3,(H,20,24)(H2,19,21,22,23). The molecule has 2 rings (SSSR count). The van der Waals surface area contributed by atoms with Gasteiger partial charge in [-0.25, -0.2) is 9.78 Å². The first-order valence-corrected chi connectivity index (χ1v) is 8.94. The maximum atomic E-state index is 12.0. The molecule has 2 aromatic rings. The second-order valence-corrected chi connectivity index (χ2v) is 7.55. The average molecular weight is 411 g/mol. The molecule has 1 aromatic heterocycles. The molecule has 8 heteroatoms. The summed E-state index contributed by atoms with van der Waals surface area (Å²) in [6, 6.07) is 5.35. The highest BCUT2D eigenvalue weighted by Gasteiger charge is 2.15. The molecule has 0 saturated carbocycles. The van der Waals surface area contributed by atoms with Crippen molar-refractivity contribution in [3.63, 3.8) is 0 Å². The molecule has 0 fully saturated rings. The van der Waals surface area contributed by atoms with Crippen LogP contribution in [0.2, 0.25) is 0 Å². The summed E-state index contributed by atoms with van der Waals surface area (Å²) in [5, 5.41) is 6.36. The fourth-order valence-electron chi connectivity index (χ4n) is 2.16. The Balaban J connectivity index is 1.76. The minimum Gasteiger partial charge on any atom is -0.444 e. The van der Waals surface area contributed by atoms with Gasteiger partial charge in [-0.05, 0) is 51.8 Å². The van der Waals surface area contributed by atoms with Gasteiger partial charge in [0.1, 0.15) is 5.60 Å². The summed E-state index contributed by atoms with van der Waals surface area (Å²) < 4.78 is 6.03. The summed E-state index contributed by atoms with van der Waals surface area (Å²) in [6.07, 6.45) is 1.19. The van der Waals surface area contributed by atoms with Crippen LogP contribution in [0.3, 0.4) is 0 Å². The third-order valence-electron chi connectivity index (χ3n) is 3.23. The van der Waals surface area contributed by atoms with E-state index in [1.165, 1.54) is 0 Å². The van der Waals surface area contributed by atoms with Crippen molar-refractivity contribution in [1.29, 1.82) is 0 Å². The molecule has 136 valence electrons. The lowest BCUT2D eigenvalue weighted by molar-refractivity contribution is 0.0527. The van der Waals surface area contributed by atoms with Gasteiger partial charge in [-0.15, -0.1) is 0 Å². The van der Waals surface area contributed by atoms with Crippen molar-refractivity contribution in [2.75, 3.05) is 18.4 Å². The third kappa shape index (κ3) is 6.38. The number of benzene rings is 1. The maximum absolute atomic E-state index is 12.0. The van der Waals surface area contributed by atoms with E-state index in [-0.39, 0.29) is 5.56 Å². The lowest BCUT2D eigenvalue weighted by Gasteiger charge is -2.19. The predicted octanol–water partition coefficient (Wildman–Crippen LogP) is 3.40. The number of amides is 1. The molecular formula is C17H23BrN4O3. The van der Waals surface area contributed by atoms with Crippen LogP contribution in [0, 0.1) is 0 Å². The maximum Gasteiger partial charge on any atom is 0.407 e. The molecule has 0 radical (unpaired) electrons. The monoisotopic (exact) mass is 410 g/mol. The van der Waals surface area contributed by atoms with Crippen molar-refractivity contribution in [2.24, 2.45) is 0 Å². The minimum absolute atomic E-state index is 0.174. The summed E-state index contributed by atoms with van der Waals surface area (Å²) >= 11 is 3.37.